The van der Waals surface area contributed by atoms with E-state index in [1.807, 2.05) is 0 Å². The quantitative estimate of drug-likeness (QED) is 0.897. The highest BCUT2D eigenvalue weighted by atomic mass is 79.9. The maximum atomic E-state index is 12.8. The molecule has 0 unspecified atom stereocenters. The monoisotopic (exact) mass is 325 g/mol. The smallest absolute Gasteiger partial charge is 0.368 e. The molecule has 8 heteroatoms. The Morgan fingerprint density at radius 2 is 2.00 bits per heavy atom. The summed E-state index contributed by atoms with van der Waals surface area (Å²) in [5.74, 6) is -1.21. The summed E-state index contributed by atoms with van der Waals surface area (Å²) in [6, 6.07) is 0.881. The molecule has 0 fully saturated rings. The van der Waals surface area contributed by atoms with Crippen LogP contribution in [0.1, 0.15) is 19.4 Å². The number of nitrogens with one attached hydrogen (secondary N) is 1. The van der Waals surface area contributed by atoms with Gasteiger partial charge in [0.2, 0.25) is 5.91 Å². The van der Waals surface area contributed by atoms with Gasteiger partial charge in [-0.2, -0.15) is 13.2 Å². The summed E-state index contributed by atoms with van der Waals surface area (Å²) < 4.78 is 38.6. The number of amides is 1. The summed E-state index contributed by atoms with van der Waals surface area (Å²) in [7, 11) is 0. The SMILES string of the molecule is CC(C)(Nc1ncc(Br)cc1C(F)(F)F)C(N)=O. The maximum absolute atomic E-state index is 12.8. The van der Waals surface area contributed by atoms with E-state index >= 15 is 0 Å². The minimum atomic E-state index is -4.58. The molecule has 18 heavy (non-hydrogen) atoms. The first kappa shape index (κ1) is 14.7. The second-order valence-electron chi connectivity index (χ2n) is 4.16. The summed E-state index contributed by atoms with van der Waals surface area (Å²) in [4.78, 5) is 14.7. The largest absolute Gasteiger partial charge is 0.419 e. The molecule has 1 aromatic rings. The number of carbonyl (C=O) groups excluding carboxylic acids is 1. The number of hydrogen-bond acceptors (Lipinski definition) is 3. The molecule has 0 spiro atoms. The molecule has 0 aliphatic rings. The summed E-state index contributed by atoms with van der Waals surface area (Å²) in [6.07, 6.45) is -3.37. The number of halogens is 4. The molecule has 1 rings (SSSR count). The van der Waals surface area contributed by atoms with Crippen molar-refractivity contribution in [3.63, 3.8) is 0 Å². The predicted octanol–water partition coefficient (Wildman–Crippen LogP) is 2.54. The topological polar surface area (TPSA) is 68.0 Å². The zero-order valence-electron chi connectivity index (χ0n) is 9.60. The lowest BCUT2D eigenvalue weighted by molar-refractivity contribution is -0.137. The molecule has 0 bridgehead atoms. The van der Waals surface area contributed by atoms with Gasteiger partial charge in [-0.25, -0.2) is 4.98 Å². The predicted molar refractivity (Wildman–Crippen MR) is 63.8 cm³/mol. The van der Waals surface area contributed by atoms with Crippen LogP contribution in [0.25, 0.3) is 0 Å². The van der Waals surface area contributed by atoms with Gasteiger partial charge in [-0.15, -0.1) is 0 Å². The van der Waals surface area contributed by atoms with Crippen LogP contribution in [0.4, 0.5) is 19.0 Å². The second kappa shape index (κ2) is 4.75. The van der Waals surface area contributed by atoms with Crippen LogP contribution in [0.3, 0.4) is 0 Å². The molecular formula is C10H11BrF3N3O. The van der Waals surface area contributed by atoms with Crippen LogP contribution in [0.5, 0.6) is 0 Å². The van der Waals surface area contributed by atoms with E-state index < -0.39 is 29.0 Å². The summed E-state index contributed by atoms with van der Waals surface area (Å²) in [5.41, 5.74) is 2.79. The average molecular weight is 326 g/mol. The van der Waals surface area contributed by atoms with Gasteiger partial charge in [0.25, 0.3) is 0 Å². The van der Waals surface area contributed by atoms with Crippen molar-refractivity contribution >= 4 is 27.7 Å². The van der Waals surface area contributed by atoms with Crippen LogP contribution in [-0.4, -0.2) is 16.4 Å². The number of carbonyl (C=O) groups is 1. The number of primary amides is 1. The van der Waals surface area contributed by atoms with Crippen LogP contribution >= 0.6 is 15.9 Å². The van der Waals surface area contributed by atoms with E-state index in [-0.39, 0.29) is 4.47 Å². The third kappa shape index (κ3) is 3.34. The van der Waals surface area contributed by atoms with Crippen molar-refractivity contribution < 1.29 is 18.0 Å². The third-order valence-electron chi connectivity index (χ3n) is 2.21. The molecule has 4 nitrogen and oxygen atoms in total. The Labute approximate surface area is 110 Å². The van der Waals surface area contributed by atoms with E-state index in [4.69, 9.17) is 5.73 Å². The van der Waals surface area contributed by atoms with Crippen molar-refractivity contribution in [2.45, 2.75) is 25.6 Å². The highest BCUT2D eigenvalue weighted by Gasteiger charge is 2.37. The Hall–Kier alpha value is -1.31. The lowest BCUT2D eigenvalue weighted by Gasteiger charge is -2.25. The molecule has 0 aliphatic carbocycles. The first-order valence-corrected chi connectivity index (χ1v) is 5.64. The van der Waals surface area contributed by atoms with Crippen molar-refractivity contribution in [3.05, 3.63) is 22.3 Å². The Morgan fingerprint density at radius 3 is 2.44 bits per heavy atom. The molecule has 1 aromatic heterocycles. The van der Waals surface area contributed by atoms with Crippen molar-refractivity contribution in [1.29, 1.82) is 0 Å². The van der Waals surface area contributed by atoms with E-state index in [1.165, 1.54) is 20.0 Å². The minimum absolute atomic E-state index is 0.192. The van der Waals surface area contributed by atoms with Gasteiger partial charge in [0.1, 0.15) is 11.4 Å². The molecule has 1 amide bonds. The minimum Gasteiger partial charge on any atom is -0.368 e. The molecule has 0 radical (unpaired) electrons. The number of rotatable bonds is 3. The van der Waals surface area contributed by atoms with Crippen molar-refractivity contribution in [2.75, 3.05) is 5.32 Å². The van der Waals surface area contributed by atoms with Gasteiger partial charge in [-0.05, 0) is 35.8 Å². The molecule has 0 aliphatic heterocycles. The van der Waals surface area contributed by atoms with Gasteiger partial charge in [-0.3, -0.25) is 4.79 Å². The Balaban J connectivity index is 3.22. The number of hydrogen-bond donors (Lipinski definition) is 2. The normalized spacial score (nSPS) is 12.3. The fraction of sp³-hybridized carbons (Fsp3) is 0.400. The lowest BCUT2D eigenvalue weighted by Crippen LogP contribution is -2.45. The van der Waals surface area contributed by atoms with Crippen LogP contribution in [0.15, 0.2) is 16.7 Å². The standard InChI is InChI=1S/C10H11BrF3N3O/c1-9(2,8(15)18)17-7-6(10(12,13)14)3-5(11)4-16-7/h3-4H,1-2H3,(H2,15,18)(H,16,17). The third-order valence-corrected chi connectivity index (χ3v) is 2.64. The van der Waals surface area contributed by atoms with Gasteiger partial charge in [-0.1, -0.05) is 0 Å². The zero-order valence-corrected chi connectivity index (χ0v) is 11.2. The summed E-state index contributed by atoms with van der Waals surface area (Å²) >= 11 is 2.92. The van der Waals surface area contributed by atoms with Gasteiger partial charge in [0.05, 0.1) is 5.56 Å². The molecular weight excluding hydrogens is 315 g/mol. The molecule has 0 aromatic carbocycles. The summed E-state index contributed by atoms with van der Waals surface area (Å²) in [5, 5.41) is 2.39. The molecule has 100 valence electrons. The van der Waals surface area contributed by atoms with Crippen molar-refractivity contribution in [1.82, 2.24) is 4.98 Å². The van der Waals surface area contributed by atoms with Gasteiger partial charge in [0, 0.05) is 10.7 Å². The fourth-order valence-corrected chi connectivity index (χ4v) is 1.44. The van der Waals surface area contributed by atoms with E-state index in [0.717, 1.165) is 6.07 Å². The van der Waals surface area contributed by atoms with Crippen LogP contribution in [0.2, 0.25) is 0 Å². The lowest BCUT2D eigenvalue weighted by atomic mass is 10.0. The first-order chi connectivity index (χ1) is 8.04. The van der Waals surface area contributed by atoms with Gasteiger partial charge >= 0.3 is 6.18 Å². The van der Waals surface area contributed by atoms with Crippen LogP contribution < -0.4 is 11.1 Å². The van der Waals surface area contributed by atoms with Gasteiger partial charge in [0.15, 0.2) is 0 Å². The molecule has 0 atom stereocenters. The second-order valence-corrected chi connectivity index (χ2v) is 5.08. The van der Waals surface area contributed by atoms with E-state index in [0.29, 0.717) is 0 Å². The molecule has 3 N–H and O–H groups in total. The molecule has 0 saturated heterocycles. The van der Waals surface area contributed by atoms with E-state index in [2.05, 4.69) is 26.2 Å². The number of anilines is 1. The number of nitrogens with two attached hydrogens (primary N) is 1. The van der Waals surface area contributed by atoms with E-state index in [1.54, 1.807) is 0 Å². The van der Waals surface area contributed by atoms with Crippen molar-refractivity contribution in [3.8, 4) is 0 Å². The van der Waals surface area contributed by atoms with Crippen molar-refractivity contribution in [2.24, 2.45) is 5.73 Å². The number of pyridine rings is 1. The summed E-state index contributed by atoms with van der Waals surface area (Å²) in [6.45, 7) is 2.75. The van der Waals surface area contributed by atoms with Crippen LogP contribution in [0, 0.1) is 0 Å². The molecule has 1 heterocycles. The highest BCUT2D eigenvalue weighted by molar-refractivity contribution is 9.10. The zero-order chi connectivity index (χ0) is 14.1. The van der Waals surface area contributed by atoms with E-state index in [9.17, 15) is 18.0 Å². The Morgan fingerprint density at radius 1 is 1.44 bits per heavy atom. The highest BCUT2D eigenvalue weighted by Crippen LogP contribution is 2.36. The first-order valence-electron chi connectivity index (χ1n) is 4.85. The number of alkyl halides is 3. The Bertz CT molecular complexity index is 474. The number of nitrogens with zero attached hydrogens (tertiary/aromatic N) is 1. The Kier molecular flexibility index (Phi) is 3.89. The molecule has 0 saturated carbocycles. The maximum Gasteiger partial charge on any atom is 0.419 e. The fourth-order valence-electron chi connectivity index (χ4n) is 1.11. The average Bonchev–Trinajstić information content (AvgIpc) is 2.18. The van der Waals surface area contributed by atoms with Gasteiger partial charge < -0.3 is 11.1 Å². The number of aromatic nitrogens is 1. The van der Waals surface area contributed by atoms with Crippen LogP contribution in [-0.2, 0) is 11.0 Å².